The molecule has 2 fully saturated rings. The summed E-state index contributed by atoms with van der Waals surface area (Å²) in [6, 6.07) is 13.1. The highest BCUT2D eigenvalue weighted by molar-refractivity contribution is 7.89. The van der Waals surface area contributed by atoms with Crippen LogP contribution in [0.15, 0.2) is 64.7 Å². The zero-order valence-corrected chi connectivity index (χ0v) is 26.1. The monoisotopic (exact) mass is 600 g/mol. The summed E-state index contributed by atoms with van der Waals surface area (Å²) in [6.45, 7) is 11.5. The lowest BCUT2D eigenvalue weighted by Crippen LogP contribution is -2.49. The van der Waals surface area contributed by atoms with Crippen molar-refractivity contribution in [2.45, 2.75) is 45.1 Å². The van der Waals surface area contributed by atoms with E-state index in [4.69, 9.17) is 11.6 Å². The first-order valence-electron chi connectivity index (χ1n) is 14.5. The summed E-state index contributed by atoms with van der Waals surface area (Å²) in [4.78, 5) is 19.8. The number of likely N-dealkylation sites (tertiary alicyclic amines) is 1. The van der Waals surface area contributed by atoms with Crippen molar-refractivity contribution in [2.24, 2.45) is 11.1 Å². The number of hydrogen-bond acceptors (Lipinski definition) is 7. The van der Waals surface area contributed by atoms with Crippen LogP contribution < -0.4 is 15.4 Å². The first-order chi connectivity index (χ1) is 20.5. The molecule has 0 radical (unpaired) electrons. The molecule has 43 heavy (non-hydrogen) atoms. The lowest BCUT2D eigenvalue weighted by atomic mass is 9.91. The van der Waals surface area contributed by atoms with E-state index in [1.54, 1.807) is 30.4 Å². The number of piperidine rings is 1. The van der Waals surface area contributed by atoms with E-state index in [1.807, 2.05) is 42.7 Å². The number of carbonyl (C=O) groups excluding carboxylic acids is 1. The fraction of sp³-hybridized carbons (Fsp3) is 0.394. The van der Waals surface area contributed by atoms with E-state index >= 15 is 0 Å². The minimum atomic E-state index is -3.86. The third kappa shape index (κ3) is 7.05. The van der Waals surface area contributed by atoms with E-state index < -0.39 is 10.0 Å². The van der Waals surface area contributed by atoms with E-state index in [-0.39, 0.29) is 22.8 Å². The number of para-hydroxylation sites is 1. The quantitative estimate of drug-likeness (QED) is 0.280. The fourth-order valence-electron chi connectivity index (χ4n) is 5.98. The highest BCUT2D eigenvalue weighted by atomic mass is 32.2. The molecule has 0 saturated carbocycles. The molecule has 0 bridgehead atoms. The summed E-state index contributed by atoms with van der Waals surface area (Å²) in [7, 11) is -3.86. The zero-order chi connectivity index (χ0) is 31.3. The van der Waals surface area contributed by atoms with Crippen molar-refractivity contribution in [1.82, 2.24) is 9.80 Å². The summed E-state index contributed by atoms with van der Waals surface area (Å²) >= 11 is 0. The van der Waals surface area contributed by atoms with E-state index in [1.165, 1.54) is 6.07 Å². The van der Waals surface area contributed by atoms with Gasteiger partial charge in [0, 0.05) is 62.6 Å². The molecule has 2 aliphatic heterocycles. The number of hydrogen-bond donors (Lipinski definition) is 2. The molecule has 0 spiro atoms. The Morgan fingerprint density at radius 2 is 1.79 bits per heavy atom. The van der Waals surface area contributed by atoms with E-state index in [0.29, 0.717) is 43.0 Å². The molecule has 3 N–H and O–H groups in total. The SMILES string of the molecule is C#C/C=C(\C(C#N)=C/C)N1CC[C@@H](Nc2cc(C(=O)N3CCN(c4ccccc4S(N)(=O)=O)CC3)c(C)cc2C)[C@H](C)C1. The van der Waals surface area contributed by atoms with Gasteiger partial charge in [0.15, 0.2) is 0 Å². The average molecular weight is 601 g/mol. The Morgan fingerprint density at radius 1 is 1.09 bits per heavy atom. The van der Waals surface area contributed by atoms with Crippen LogP contribution in [0.5, 0.6) is 0 Å². The molecule has 4 rings (SSSR count). The molecular formula is C33H40N6O3S. The van der Waals surface area contributed by atoms with Crippen LogP contribution in [0.3, 0.4) is 0 Å². The summed E-state index contributed by atoms with van der Waals surface area (Å²) in [6.07, 6.45) is 9.87. The molecule has 0 unspecified atom stereocenters. The summed E-state index contributed by atoms with van der Waals surface area (Å²) < 4.78 is 24.2. The second-order valence-corrected chi connectivity index (χ2v) is 12.8. The smallest absolute Gasteiger partial charge is 0.254 e. The molecular weight excluding hydrogens is 560 g/mol. The number of allylic oxidation sites excluding steroid dienone is 3. The Hall–Kier alpha value is -4.25. The number of nitriles is 1. The maximum Gasteiger partial charge on any atom is 0.254 e. The largest absolute Gasteiger partial charge is 0.382 e. The normalized spacial score (nSPS) is 19.9. The number of nitrogens with one attached hydrogen (secondary N) is 1. The lowest BCUT2D eigenvalue weighted by molar-refractivity contribution is 0.0746. The number of rotatable bonds is 7. The van der Waals surface area contributed by atoms with Gasteiger partial charge in [-0.25, -0.2) is 13.6 Å². The van der Waals surface area contributed by atoms with Crippen LogP contribution in [-0.2, 0) is 10.0 Å². The van der Waals surface area contributed by atoms with Gasteiger partial charge < -0.3 is 20.0 Å². The number of benzene rings is 2. The summed E-state index contributed by atoms with van der Waals surface area (Å²) in [5.41, 5.74) is 5.49. The van der Waals surface area contributed by atoms with Gasteiger partial charge in [-0.3, -0.25) is 4.79 Å². The van der Waals surface area contributed by atoms with Crippen LogP contribution in [0, 0.1) is 43.4 Å². The Bertz CT molecular complexity index is 1620. The van der Waals surface area contributed by atoms with Crippen LogP contribution in [-0.4, -0.2) is 69.4 Å². The van der Waals surface area contributed by atoms with Crippen molar-refractivity contribution >= 4 is 27.3 Å². The number of sulfonamides is 1. The Morgan fingerprint density at radius 3 is 2.40 bits per heavy atom. The number of anilines is 2. The number of amides is 1. The number of primary sulfonamides is 1. The number of carbonyl (C=O) groups is 1. The van der Waals surface area contributed by atoms with Gasteiger partial charge in [-0.1, -0.05) is 37.1 Å². The van der Waals surface area contributed by atoms with Gasteiger partial charge >= 0.3 is 0 Å². The Balaban J connectivity index is 1.45. The topological polar surface area (TPSA) is 123 Å². The molecule has 0 aromatic heterocycles. The number of terminal acetylenes is 1. The van der Waals surface area contributed by atoms with Crippen LogP contribution in [0.1, 0.15) is 41.8 Å². The Labute approximate surface area is 255 Å². The van der Waals surface area contributed by atoms with Crippen LogP contribution in [0.2, 0.25) is 0 Å². The molecule has 226 valence electrons. The maximum absolute atomic E-state index is 13.7. The molecule has 0 aliphatic carbocycles. The van der Waals surface area contributed by atoms with Crippen molar-refractivity contribution in [2.75, 3.05) is 49.5 Å². The van der Waals surface area contributed by atoms with Gasteiger partial charge in [-0.05, 0) is 62.4 Å². The van der Waals surface area contributed by atoms with Crippen LogP contribution in [0.4, 0.5) is 11.4 Å². The molecule has 10 heteroatoms. The van der Waals surface area contributed by atoms with Crippen molar-refractivity contribution in [3.63, 3.8) is 0 Å². The van der Waals surface area contributed by atoms with E-state index in [9.17, 15) is 18.5 Å². The predicted octanol–water partition coefficient (Wildman–Crippen LogP) is 4.02. The lowest BCUT2D eigenvalue weighted by Gasteiger charge is -2.40. The molecule has 2 aromatic rings. The third-order valence-corrected chi connectivity index (χ3v) is 9.33. The number of nitrogens with zero attached hydrogens (tertiary/aromatic N) is 4. The summed E-state index contributed by atoms with van der Waals surface area (Å²) in [5.74, 6) is 2.80. The molecule has 2 saturated heterocycles. The molecule has 9 nitrogen and oxygen atoms in total. The molecule has 2 aliphatic rings. The van der Waals surface area contributed by atoms with Gasteiger partial charge in [-0.15, -0.1) is 6.42 Å². The van der Waals surface area contributed by atoms with Crippen molar-refractivity contribution in [1.29, 1.82) is 5.26 Å². The first-order valence-corrected chi connectivity index (χ1v) is 16.0. The molecule has 2 atom stereocenters. The second-order valence-electron chi connectivity index (χ2n) is 11.2. The van der Waals surface area contributed by atoms with E-state index in [2.05, 4.69) is 29.1 Å². The van der Waals surface area contributed by atoms with Crippen LogP contribution in [0.25, 0.3) is 0 Å². The van der Waals surface area contributed by atoms with Gasteiger partial charge in [0.1, 0.15) is 11.0 Å². The van der Waals surface area contributed by atoms with Crippen LogP contribution >= 0.6 is 0 Å². The second kappa shape index (κ2) is 13.4. The van der Waals surface area contributed by atoms with Gasteiger partial charge in [0.25, 0.3) is 5.91 Å². The van der Waals surface area contributed by atoms with Gasteiger partial charge in [0.05, 0.1) is 17.0 Å². The van der Waals surface area contributed by atoms with E-state index in [0.717, 1.165) is 42.0 Å². The number of nitrogens with two attached hydrogens (primary N) is 1. The minimum absolute atomic E-state index is 0.0396. The molecule has 1 amide bonds. The van der Waals surface area contributed by atoms with Gasteiger partial charge in [0.2, 0.25) is 10.0 Å². The third-order valence-electron chi connectivity index (χ3n) is 8.37. The van der Waals surface area contributed by atoms with Crippen molar-refractivity contribution in [3.8, 4) is 18.4 Å². The first kappa shape index (κ1) is 31.7. The zero-order valence-electron chi connectivity index (χ0n) is 25.3. The predicted molar refractivity (Wildman–Crippen MR) is 171 cm³/mol. The van der Waals surface area contributed by atoms with Gasteiger partial charge in [-0.2, -0.15) is 5.26 Å². The Kier molecular flexibility index (Phi) is 9.85. The fourth-order valence-corrected chi connectivity index (χ4v) is 6.74. The average Bonchev–Trinajstić information content (AvgIpc) is 2.99. The number of piperazine rings is 1. The highest BCUT2D eigenvalue weighted by Gasteiger charge is 2.30. The van der Waals surface area contributed by atoms with Crippen molar-refractivity contribution in [3.05, 3.63) is 76.5 Å². The minimum Gasteiger partial charge on any atom is -0.382 e. The maximum atomic E-state index is 13.7. The number of aryl methyl sites for hydroxylation is 2. The highest BCUT2D eigenvalue weighted by Crippen LogP contribution is 2.30. The standard InChI is InChI=1S/C33H40N6O3S/c1-6-10-30(26(7-2)21-34)39-14-13-28(25(5)22-39)36-29-20-27(23(3)19-24(29)4)33(40)38-17-15-37(16-18-38)31-11-8-9-12-32(31)43(35,41)42/h1,7-12,19-20,25,28,36H,13-18,22H2,2-5H3,(H2,35,41,42)/b26-7-,30-10+/t25-,28-/m1/s1. The molecule has 2 aromatic carbocycles. The van der Waals surface area contributed by atoms with Crippen molar-refractivity contribution < 1.29 is 13.2 Å². The summed E-state index contributed by atoms with van der Waals surface area (Å²) in [5, 5.41) is 18.7. The molecule has 2 heterocycles.